The topological polar surface area (TPSA) is 29.5 Å². The maximum absolute atomic E-state index is 9.86. The molecule has 0 atom stereocenters. The number of fused-ring (bicyclic) bond motifs is 1. The molecule has 1 aliphatic heterocycles. The fourth-order valence-corrected chi connectivity index (χ4v) is 3.92. The molecule has 3 rings (SSSR count). The zero-order valence-electron chi connectivity index (χ0n) is 16.3. The second kappa shape index (κ2) is 7.69. The second-order valence-electron chi connectivity index (χ2n) is 7.95. The SMILES string of the molecule is CCCc1cc(-c2ccc(C#C[Si](C)(C)C)cc2)c2c(c1CO)CCO2. The standard InChI is InChI=1S/C23H28O2Si/c1-5-6-19-15-21(23-20(11-13-25-23)22(19)16-24)18-9-7-17(8-10-18)12-14-26(2,3)4/h7-10,15,24H,5-6,11,13,16H2,1-4H3. The summed E-state index contributed by atoms with van der Waals surface area (Å²) in [7, 11) is -1.36. The van der Waals surface area contributed by atoms with Crippen molar-refractivity contribution >= 4 is 8.07 Å². The Bertz CT molecular complexity index is 849. The van der Waals surface area contributed by atoms with Gasteiger partial charge >= 0.3 is 0 Å². The van der Waals surface area contributed by atoms with Gasteiger partial charge < -0.3 is 9.84 Å². The first-order valence-electron chi connectivity index (χ1n) is 9.48. The van der Waals surface area contributed by atoms with Crippen LogP contribution in [-0.2, 0) is 19.4 Å². The predicted octanol–water partition coefficient (Wildman–Crippen LogP) is 4.96. The van der Waals surface area contributed by atoms with Crippen LogP contribution in [-0.4, -0.2) is 19.8 Å². The van der Waals surface area contributed by atoms with E-state index in [0.717, 1.165) is 47.3 Å². The Balaban J connectivity index is 2.02. The Kier molecular flexibility index (Phi) is 5.55. The summed E-state index contributed by atoms with van der Waals surface area (Å²) in [4.78, 5) is 0. The van der Waals surface area contributed by atoms with Crippen LogP contribution < -0.4 is 4.74 Å². The molecule has 2 aromatic rings. The normalized spacial score (nSPS) is 13.0. The van der Waals surface area contributed by atoms with Gasteiger partial charge in [0.15, 0.2) is 0 Å². The van der Waals surface area contributed by atoms with E-state index < -0.39 is 8.07 Å². The minimum absolute atomic E-state index is 0.0898. The highest BCUT2D eigenvalue weighted by atomic mass is 28.3. The minimum atomic E-state index is -1.36. The van der Waals surface area contributed by atoms with Crippen LogP contribution in [0.5, 0.6) is 5.75 Å². The zero-order chi connectivity index (χ0) is 18.7. The van der Waals surface area contributed by atoms with Crippen LogP contribution in [0.3, 0.4) is 0 Å². The minimum Gasteiger partial charge on any atom is -0.492 e. The average Bonchev–Trinajstić information content (AvgIpc) is 3.09. The van der Waals surface area contributed by atoms with Crippen molar-refractivity contribution in [2.24, 2.45) is 0 Å². The number of aliphatic hydroxyl groups excluding tert-OH is 1. The van der Waals surface area contributed by atoms with Crippen LogP contribution in [0.4, 0.5) is 0 Å². The molecule has 1 N–H and O–H groups in total. The fraction of sp³-hybridized carbons (Fsp3) is 0.391. The van der Waals surface area contributed by atoms with E-state index in [1.165, 1.54) is 11.1 Å². The Morgan fingerprint density at radius 3 is 2.50 bits per heavy atom. The lowest BCUT2D eigenvalue weighted by molar-refractivity contribution is 0.279. The quantitative estimate of drug-likeness (QED) is 0.613. The van der Waals surface area contributed by atoms with Gasteiger partial charge in [0.05, 0.1) is 13.2 Å². The van der Waals surface area contributed by atoms with Crippen molar-refractivity contribution in [2.75, 3.05) is 6.61 Å². The molecule has 26 heavy (non-hydrogen) atoms. The fourth-order valence-electron chi connectivity index (χ4n) is 3.40. The van der Waals surface area contributed by atoms with Gasteiger partial charge in [-0.15, -0.1) is 5.54 Å². The molecule has 0 fully saturated rings. The molecule has 0 saturated heterocycles. The van der Waals surface area contributed by atoms with Crippen LogP contribution in [0.25, 0.3) is 11.1 Å². The first-order valence-corrected chi connectivity index (χ1v) is 13.0. The number of aryl methyl sites for hydroxylation is 1. The highest BCUT2D eigenvalue weighted by Gasteiger charge is 2.23. The maximum atomic E-state index is 9.86. The highest BCUT2D eigenvalue weighted by Crippen LogP contribution is 2.41. The number of hydrogen-bond acceptors (Lipinski definition) is 2. The van der Waals surface area contributed by atoms with Crippen molar-refractivity contribution in [3.63, 3.8) is 0 Å². The van der Waals surface area contributed by atoms with Crippen LogP contribution >= 0.6 is 0 Å². The van der Waals surface area contributed by atoms with Crippen molar-refractivity contribution in [1.82, 2.24) is 0 Å². The van der Waals surface area contributed by atoms with Crippen molar-refractivity contribution in [2.45, 2.75) is 52.4 Å². The summed E-state index contributed by atoms with van der Waals surface area (Å²) in [6.45, 7) is 9.74. The van der Waals surface area contributed by atoms with Gasteiger partial charge in [-0.2, -0.15) is 0 Å². The number of aliphatic hydroxyl groups is 1. The third-order valence-electron chi connectivity index (χ3n) is 4.64. The predicted molar refractivity (Wildman–Crippen MR) is 111 cm³/mol. The van der Waals surface area contributed by atoms with Gasteiger partial charge in [-0.1, -0.05) is 51.0 Å². The number of benzene rings is 2. The average molecular weight is 365 g/mol. The van der Waals surface area contributed by atoms with Crippen LogP contribution in [0, 0.1) is 11.5 Å². The third kappa shape index (κ3) is 4.03. The summed E-state index contributed by atoms with van der Waals surface area (Å²) in [6.07, 6.45) is 2.93. The van der Waals surface area contributed by atoms with Crippen molar-refractivity contribution in [3.8, 4) is 28.3 Å². The third-order valence-corrected chi connectivity index (χ3v) is 5.52. The van der Waals surface area contributed by atoms with E-state index in [4.69, 9.17) is 4.74 Å². The summed E-state index contributed by atoms with van der Waals surface area (Å²) in [5.41, 5.74) is 10.3. The molecule has 0 aromatic heterocycles. The van der Waals surface area contributed by atoms with Crippen LogP contribution in [0.2, 0.25) is 19.6 Å². The summed E-state index contributed by atoms with van der Waals surface area (Å²) in [5.74, 6) is 4.27. The summed E-state index contributed by atoms with van der Waals surface area (Å²) >= 11 is 0. The molecule has 0 aliphatic carbocycles. The van der Waals surface area contributed by atoms with E-state index in [9.17, 15) is 5.11 Å². The molecule has 0 spiro atoms. The zero-order valence-corrected chi connectivity index (χ0v) is 17.3. The van der Waals surface area contributed by atoms with Crippen LogP contribution in [0.1, 0.15) is 35.6 Å². The summed E-state index contributed by atoms with van der Waals surface area (Å²) in [6, 6.07) is 10.7. The lowest BCUT2D eigenvalue weighted by Gasteiger charge is -2.16. The van der Waals surface area contributed by atoms with E-state index in [1.807, 2.05) is 0 Å². The van der Waals surface area contributed by atoms with Gasteiger partial charge in [0.2, 0.25) is 0 Å². The molecule has 2 nitrogen and oxygen atoms in total. The van der Waals surface area contributed by atoms with Gasteiger partial charge in [-0.05, 0) is 41.3 Å². The monoisotopic (exact) mass is 364 g/mol. The van der Waals surface area contributed by atoms with E-state index in [1.54, 1.807) is 0 Å². The molecule has 1 heterocycles. The summed E-state index contributed by atoms with van der Waals surface area (Å²) < 4.78 is 5.95. The molecule has 0 bridgehead atoms. The van der Waals surface area contributed by atoms with Gasteiger partial charge in [0, 0.05) is 23.1 Å². The lowest BCUT2D eigenvalue weighted by atomic mass is 9.90. The number of hydrogen-bond donors (Lipinski definition) is 1. The number of ether oxygens (including phenoxy) is 1. The molecule has 136 valence electrons. The van der Waals surface area contributed by atoms with E-state index >= 15 is 0 Å². The molecule has 0 amide bonds. The maximum Gasteiger partial charge on any atom is 0.130 e. The van der Waals surface area contributed by atoms with Gasteiger partial charge in [0.1, 0.15) is 13.8 Å². The Morgan fingerprint density at radius 2 is 1.88 bits per heavy atom. The first kappa shape index (κ1) is 18.8. The first-order chi connectivity index (χ1) is 12.4. The molecule has 0 saturated carbocycles. The van der Waals surface area contributed by atoms with Gasteiger partial charge in [0.25, 0.3) is 0 Å². The van der Waals surface area contributed by atoms with Gasteiger partial charge in [-0.25, -0.2) is 0 Å². The molecular weight excluding hydrogens is 336 g/mol. The molecule has 3 heteroatoms. The Hall–Kier alpha value is -2.02. The highest BCUT2D eigenvalue weighted by molar-refractivity contribution is 6.83. The van der Waals surface area contributed by atoms with E-state index in [0.29, 0.717) is 6.61 Å². The van der Waals surface area contributed by atoms with E-state index in [2.05, 4.69) is 68.4 Å². The van der Waals surface area contributed by atoms with E-state index in [-0.39, 0.29) is 6.61 Å². The largest absolute Gasteiger partial charge is 0.492 e. The molecule has 2 aromatic carbocycles. The number of rotatable bonds is 4. The smallest absolute Gasteiger partial charge is 0.130 e. The lowest BCUT2D eigenvalue weighted by Crippen LogP contribution is -2.16. The van der Waals surface area contributed by atoms with Crippen LogP contribution in [0.15, 0.2) is 30.3 Å². The Morgan fingerprint density at radius 1 is 1.15 bits per heavy atom. The van der Waals surface area contributed by atoms with Crippen molar-refractivity contribution < 1.29 is 9.84 Å². The Labute approximate surface area is 158 Å². The molecule has 1 aliphatic rings. The second-order valence-corrected chi connectivity index (χ2v) is 12.7. The van der Waals surface area contributed by atoms with Gasteiger partial charge in [-0.3, -0.25) is 0 Å². The molecule has 0 radical (unpaired) electrons. The summed E-state index contributed by atoms with van der Waals surface area (Å²) in [5, 5.41) is 9.86. The van der Waals surface area contributed by atoms with Crippen molar-refractivity contribution in [3.05, 3.63) is 52.6 Å². The molecular formula is C23H28O2Si. The van der Waals surface area contributed by atoms with Crippen molar-refractivity contribution in [1.29, 1.82) is 0 Å². The molecule has 0 unspecified atom stereocenters.